The summed E-state index contributed by atoms with van der Waals surface area (Å²) in [6, 6.07) is 1.94. The molecule has 0 saturated heterocycles. The highest BCUT2D eigenvalue weighted by atomic mass is 19.3. The van der Waals surface area contributed by atoms with E-state index in [1.54, 1.807) is 0 Å². The molecule has 1 N–H and O–H groups in total. The molecular weight excluding hydrogens is 225 g/mol. The van der Waals surface area contributed by atoms with E-state index in [0.29, 0.717) is 6.07 Å². The minimum Gasteiger partial charge on any atom is -0.481 e. The minimum absolute atomic E-state index is 0.477. The molecule has 0 unspecified atom stereocenters. The van der Waals surface area contributed by atoms with Crippen LogP contribution in [0.3, 0.4) is 0 Å². The van der Waals surface area contributed by atoms with Gasteiger partial charge in [-0.2, -0.15) is 5.26 Å². The van der Waals surface area contributed by atoms with E-state index >= 15 is 0 Å². The molecule has 1 aromatic heterocycles. The fraction of sp³-hybridized carbons (Fsp3) is 0.222. The van der Waals surface area contributed by atoms with Crippen LogP contribution in [0.4, 0.5) is 13.2 Å². The van der Waals surface area contributed by atoms with Gasteiger partial charge in [-0.1, -0.05) is 0 Å². The number of aliphatic carboxylic acids is 1. The molecule has 7 heteroatoms. The quantitative estimate of drug-likeness (QED) is 0.856. The highest BCUT2D eigenvalue weighted by molar-refractivity contribution is 5.70. The van der Waals surface area contributed by atoms with Gasteiger partial charge in [0.2, 0.25) is 0 Å². The summed E-state index contributed by atoms with van der Waals surface area (Å²) in [6.45, 7) is 0. The largest absolute Gasteiger partial charge is 0.481 e. The Morgan fingerprint density at radius 1 is 1.62 bits per heavy atom. The summed E-state index contributed by atoms with van der Waals surface area (Å²) in [6.07, 6.45) is -3.76. The molecule has 1 heterocycles. The predicted octanol–water partition coefficient (Wildman–Crippen LogP) is 1.66. The first-order valence-corrected chi connectivity index (χ1v) is 4.05. The second kappa shape index (κ2) is 4.61. The molecule has 0 radical (unpaired) electrons. The van der Waals surface area contributed by atoms with Crippen LogP contribution in [0, 0.1) is 17.1 Å². The van der Waals surface area contributed by atoms with Gasteiger partial charge in [0, 0.05) is 5.56 Å². The second-order valence-electron chi connectivity index (χ2n) is 2.85. The van der Waals surface area contributed by atoms with Crippen molar-refractivity contribution in [3.8, 4) is 6.07 Å². The van der Waals surface area contributed by atoms with Crippen LogP contribution in [0.2, 0.25) is 0 Å². The van der Waals surface area contributed by atoms with Crippen molar-refractivity contribution in [1.29, 1.82) is 5.26 Å². The number of nitrogens with zero attached hydrogens (tertiary/aromatic N) is 2. The van der Waals surface area contributed by atoms with Crippen molar-refractivity contribution in [2.75, 3.05) is 0 Å². The zero-order valence-corrected chi connectivity index (χ0v) is 7.75. The number of hydrogen-bond acceptors (Lipinski definition) is 3. The smallest absolute Gasteiger partial charge is 0.307 e. The predicted molar refractivity (Wildman–Crippen MR) is 45.2 cm³/mol. The average molecular weight is 230 g/mol. The van der Waals surface area contributed by atoms with Crippen LogP contribution >= 0.6 is 0 Å². The Labute approximate surface area is 88.0 Å². The fourth-order valence-corrected chi connectivity index (χ4v) is 1.08. The number of carboxylic acid groups (broad SMARTS) is 1. The van der Waals surface area contributed by atoms with E-state index in [0.717, 1.165) is 0 Å². The van der Waals surface area contributed by atoms with Crippen LogP contribution in [-0.4, -0.2) is 16.1 Å². The number of aromatic nitrogens is 1. The molecule has 0 aromatic carbocycles. The summed E-state index contributed by atoms with van der Waals surface area (Å²) < 4.78 is 37.9. The van der Waals surface area contributed by atoms with E-state index in [2.05, 4.69) is 4.98 Å². The number of nitriles is 1. The maximum absolute atomic E-state index is 13.3. The number of hydrogen-bond donors (Lipinski definition) is 1. The van der Waals surface area contributed by atoms with Gasteiger partial charge in [0.15, 0.2) is 11.5 Å². The van der Waals surface area contributed by atoms with Gasteiger partial charge in [0.1, 0.15) is 11.8 Å². The lowest BCUT2D eigenvalue weighted by Gasteiger charge is -2.05. The van der Waals surface area contributed by atoms with Crippen LogP contribution in [0.15, 0.2) is 6.07 Å². The van der Waals surface area contributed by atoms with Gasteiger partial charge in [0.25, 0.3) is 6.43 Å². The van der Waals surface area contributed by atoms with Crippen molar-refractivity contribution in [2.45, 2.75) is 12.8 Å². The molecule has 0 aliphatic rings. The third kappa shape index (κ3) is 2.48. The molecule has 1 aromatic rings. The monoisotopic (exact) mass is 230 g/mol. The number of alkyl halides is 2. The molecule has 0 bridgehead atoms. The first-order valence-electron chi connectivity index (χ1n) is 4.05. The molecule has 0 amide bonds. The van der Waals surface area contributed by atoms with Crippen LogP contribution in [0.25, 0.3) is 0 Å². The van der Waals surface area contributed by atoms with Crippen molar-refractivity contribution < 1.29 is 23.1 Å². The van der Waals surface area contributed by atoms with Crippen LogP contribution in [0.5, 0.6) is 0 Å². The van der Waals surface area contributed by atoms with Crippen LogP contribution in [-0.2, 0) is 11.2 Å². The first kappa shape index (κ1) is 12.0. The highest BCUT2D eigenvalue weighted by Gasteiger charge is 2.18. The Balaban J connectivity index is 3.31. The SMILES string of the molecule is N#Cc1nc(C(F)F)cc(CC(=O)O)c1F. The Morgan fingerprint density at radius 3 is 2.69 bits per heavy atom. The second-order valence-corrected chi connectivity index (χ2v) is 2.85. The third-order valence-corrected chi connectivity index (χ3v) is 1.72. The molecule has 4 nitrogen and oxygen atoms in total. The van der Waals surface area contributed by atoms with E-state index in [1.807, 2.05) is 0 Å². The lowest BCUT2D eigenvalue weighted by molar-refractivity contribution is -0.136. The van der Waals surface area contributed by atoms with Gasteiger partial charge in [-0.15, -0.1) is 0 Å². The Hall–Kier alpha value is -2.10. The van der Waals surface area contributed by atoms with E-state index in [1.165, 1.54) is 6.07 Å². The molecule has 0 saturated carbocycles. The number of halogens is 3. The van der Waals surface area contributed by atoms with Gasteiger partial charge in [-0.3, -0.25) is 4.79 Å². The number of carboxylic acids is 1. The van der Waals surface area contributed by atoms with Crippen molar-refractivity contribution in [1.82, 2.24) is 4.98 Å². The van der Waals surface area contributed by atoms with Crippen LogP contribution < -0.4 is 0 Å². The highest BCUT2D eigenvalue weighted by Crippen LogP contribution is 2.21. The topological polar surface area (TPSA) is 74.0 Å². The third-order valence-electron chi connectivity index (χ3n) is 1.72. The molecule has 0 aliphatic carbocycles. The molecule has 84 valence electrons. The number of carbonyl (C=O) groups is 1. The maximum atomic E-state index is 13.3. The first-order chi connectivity index (χ1) is 7.45. The summed E-state index contributed by atoms with van der Waals surface area (Å²) in [5.74, 6) is -2.55. The standard InChI is InChI=1S/C9H5F3N2O2/c10-8-4(2-7(15)16)1-5(9(11)12)14-6(8)3-13/h1,9H,2H2,(H,15,16). The molecular formula is C9H5F3N2O2. The molecule has 0 atom stereocenters. The zero-order valence-electron chi connectivity index (χ0n) is 7.75. The molecule has 0 aliphatic heterocycles. The normalized spacial score (nSPS) is 10.2. The zero-order chi connectivity index (χ0) is 12.3. The van der Waals surface area contributed by atoms with E-state index in [4.69, 9.17) is 10.4 Å². The Morgan fingerprint density at radius 2 is 2.25 bits per heavy atom. The Kier molecular flexibility index (Phi) is 3.45. The molecule has 0 spiro atoms. The van der Waals surface area contributed by atoms with Gasteiger partial charge < -0.3 is 5.11 Å². The summed E-state index contributed by atoms with van der Waals surface area (Å²) in [4.78, 5) is 13.4. The molecule has 0 fully saturated rings. The average Bonchev–Trinajstić information content (AvgIpc) is 2.20. The summed E-state index contributed by atoms with van der Waals surface area (Å²) in [5, 5.41) is 16.9. The van der Waals surface area contributed by atoms with E-state index in [9.17, 15) is 18.0 Å². The van der Waals surface area contributed by atoms with E-state index in [-0.39, 0.29) is 0 Å². The fourth-order valence-electron chi connectivity index (χ4n) is 1.08. The lowest BCUT2D eigenvalue weighted by atomic mass is 10.1. The summed E-state index contributed by atoms with van der Waals surface area (Å²) in [5.41, 5.74) is -2.11. The maximum Gasteiger partial charge on any atom is 0.307 e. The molecule has 16 heavy (non-hydrogen) atoms. The van der Waals surface area contributed by atoms with Crippen molar-refractivity contribution in [3.05, 3.63) is 28.8 Å². The van der Waals surface area contributed by atoms with Crippen molar-refractivity contribution in [3.63, 3.8) is 0 Å². The Bertz CT molecular complexity index is 469. The number of pyridine rings is 1. The van der Waals surface area contributed by atoms with Crippen LogP contribution in [0.1, 0.15) is 23.4 Å². The minimum atomic E-state index is -2.99. The van der Waals surface area contributed by atoms with Crippen molar-refractivity contribution >= 4 is 5.97 Å². The van der Waals surface area contributed by atoms with Gasteiger partial charge in [-0.05, 0) is 6.07 Å². The summed E-state index contributed by atoms with van der Waals surface area (Å²) in [7, 11) is 0. The van der Waals surface area contributed by atoms with E-state index < -0.39 is 41.6 Å². The van der Waals surface area contributed by atoms with Gasteiger partial charge in [0.05, 0.1) is 6.42 Å². The summed E-state index contributed by atoms with van der Waals surface area (Å²) >= 11 is 0. The molecule has 1 rings (SSSR count). The van der Waals surface area contributed by atoms with Crippen molar-refractivity contribution in [2.24, 2.45) is 0 Å². The number of rotatable bonds is 3. The van der Waals surface area contributed by atoms with Gasteiger partial charge in [-0.25, -0.2) is 18.2 Å². The van der Waals surface area contributed by atoms with Gasteiger partial charge >= 0.3 is 5.97 Å². The lowest BCUT2D eigenvalue weighted by Crippen LogP contribution is -2.07.